The predicted octanol–water partition coefficient (Wildman–Crippen LogP) is 7.01. The Morgan fingerprint density at radius 2 is 1.46 bits per heavy atom. The Bertz CT molecular complexity index is 695. The molecule has 0 atom stereocenters. The van der Waals surface area contributed by atoms with Gasteiger partial charge in [-0.05, 0) is 60.1 Å². The summed E-state index contributed by atoms with van der Waals surface area (Å²) in [6.07, 6.45) is 12.6. The van der Waals surface area contributed by atoms with E-state index in [1.54, 1.807) is 0 Å². The van der Waals surface area contributed by atoms with Crippen molar-refractivity contribution in [1.82, 2.24) is 0 Å². The highest BCUT2D eigenvalue weighted by Crippen LogP contribution is 2.56. The zero-order valence-corrected chi connectivity index (χ0v) is 18.8. The fourth-order valence-electron chi connectivity index (χ4n) is 4.91. The molecule has 0 aromatic heterocycles. The predicted molar refractivity (Wildman–Crippen MR) is 118 cm³/mol. The van der Waals surface area contributed by atoms with E-state index in [0.29, 0.717) is 6.42 Å². The van der Waals surface area contributed by atoms with Crippen molar-refractivity contribution in [3.8, 4) is 5.75 Å². The Balaban J connectivity index is 1.92. The van der Waals surface area contributed by atoms with Crippen LogP contribution < -0.4 is 4.74 Å². The van der Waals surface area contributed by atoms with Crippen LogP contribution in [-0.4, -0.2) is 12.9 Å². The Hall–Kier alpha value is -1.31. The lowest BCUT2D eigenvalue weighted by molar-refractivity contribution is -0.108. The number of carbonyl (C=O) groups excluding carboxylic acids is 1. The van der Waals surface area contributed by atoms with Crippen molar-refractivity contribution in [1.29, 1.82) is 0 Å². The first-order valence-corrected chi connectivity index (χ1v) is 11.5. The average Bonchev–Trinajstić information content (AvgIpc) is 3.42. The molecule has 1 fully saturated rings. The highest BCUT2D eigenvalue weighted by molar-refractivity contribution is 5.60. The van der Waals surface area contributed by atoms with Gasteiger partial charge in [-0.25, -0.2) is 0 Å². The molecule has 0 amide bonds. The van der Waals surface area contributed by atoms with Gasteiger partial charge in [0, 0.05) is 17.4 Å². The maximum atomic E-state index is 11.4. The third kappa shape index (κ3) is 4.31. The van der Waals surface area contributed by atoms with Crippen LogP contribution in [0.5, 0.6) is 5.75 Å². The summed E-state index contributed by atoms with van der Waals surface area (Å²) in [5, 5.41) is 0. The molecular weight excluding hydrogens is 344 g/mol. The molecule has 0 bridgehead atoms. The van der Waals surface area contributed by atoms with Gasteiger partial charge in [-0.15, -0.1) is 0 Å². The number of fused-ring (bicyclic) bond motifs is 1. The first-order chi connectivity index (χ1) is 13.3. The summed E-state index contributed by atoms with van der Waals surface area (Å²) in [5.74, 6) is 1.05. The van der Waals surface area contributed by atoms with Gasteiger partial charge in [0.05, 0.1) is 6.61 Å². The quantitative estimate of drug-likeness (QED) is 0.320. The maximum Gasteiger partial charge on any atom is 0.123 e. The van der Waals surface area contributed by atoms with Crippen LogP contribution >= 0.6 is 0 Å². The van der Waals surface area contributed by atoms with Crippen molar-refractivity contribution >= 4 is 6.29 Å². The molecule has 0 heterocycles. The van der Waals surface area contributed by atoms with Gasteiger partial charge in [-0.3, -0.25) is 0 Å². The molecule has 2 aliphatic carbocycles. The second kappa shape index (κ2) is 8.20. The van der Waals surface area contributed by atoms with Crippen LogP contribution in [0.2, 0.25) is 0 Å². The van der Waals surface area contributed by atoms with Crippen LogP contribution in [0.1, 0.15) is 116 Å². The minimum Gasteiger partial charge on any atom is -0.493 e. The van der Waals surface area contributed by atoms with Crippen molar-refractivity contribution in [3.63, 3.8) is 0 Å². The summed E-state index contributed by atoms with van der Waals surface area (Å²) < 4.78 is 6.40. The molecule has 1 aromatic rings. The van der Waals surface area contributed by atoms with Gasteiger partial charge >= 0.3 is 0 Å². The van der Waals surface area contributed by atoms with E-state index < -0.39 is 0 Å². The number of rotatable bonds is 10. The summed E-state index contributed by atoms with van der Waals surface area (Å²) >= 11 is 0. The molecule has 0 spiro atoms. The van der Waals surface area contributed by atoms with Gasteiger partial charge in [0.25, 0.3) is 0 Å². The van der Waals surface area contributed by atoms with Gasteiger partial charge in [-0.1, -0.05) is 66.4 Å². The van der Waals surface area contributed by atoms with Crippen molar-refractivity contribution in [3.05, 3.63) is 28.8 Å². The van der Waals surface area contributed by atoms with Crippen molar-refractivity contribution < 1.29 is 9.53 Å². The third-order valence-electron chi connectivity index (χ3n) is 7.36. The monoisotopic (exact) mass is 384 g/mol. The normalized spacial score (nSPS) is 21.0. The molecular formula is C26H40O2. The Morgan fingerprint density at radius 3 is 2.04 bits per heavy atom. The maximum absolute atomic E-state index is 11.4. The van der Waals surface area contributed by atoms with Crippen LogP contribution in [0.25, 0.3) is 0 Å². The fourth-order valence-corrected chi connectivity index (χ4v) is 4.91. The summed E-state index contributed by atoms with van der Waals surface area (Å²) in [6, 6.07) is 4.78. The highest BCUT2D eigenvalue weighted by atomic mass is 16.5. The minimum absolute atomic E-state index is 0.0337. The van der Waals surface area contributed by atoms with E-state index in [4.69, 9.17) is 4.74 Å². The molecule has 2 aliphatic rings. The average molecular weight is 385 g/mol. The first kappa shape index (κ1) is 21.4. The van der Waals surface area contributed by atoms with Crippen LogP contribution in [-0.2, 0) is 21.0 Å². The van der Waals surface area contributed by atoms with Crippen molar-refractivity contribution in [2.24, 2.45) is 0 Å². The number of carbonyl (C=O) groups is 1. The molecule has 0 radical (unpaired) electrons. The van der Waals surface area contributed by atoms with Crippen LogP contribution in [0.4, 0.5) is 0 Å². The number of aldehydes is 1. The molecule has 1 aromatic carbocycles. The number of hydrogen-bond acceptors (Lipinski definition) is 2. The lowest BCUT2D eigenvalue weighted by Crippen LogP contribution is -2.34. The number of ether oxygens (including phenoxy) is 1. The standard InChI is InChI=1S/C26H40O2/c1-6-7-8-9-10-17-28-23-19-21-20(24(2,3)11-12-25(21,4)5)18-22(23)26(13-14-26)15-16-27/h16,18-19H,6-15,17H2,1-5H3. The molecule has 0 saturated heterocycles. The topological polar surface area (TPSA) is 26.3 Å². The lowest BCUT2D eigenvalue weighted by atomic mass is 9.62. The number of benzene rings is 1. The zero-order chi connectivity index (χ0) is 20.4. The lowest BCUT2D eigenvalue weighted by Gasteiger charge is -2.42. The molecule has 156 valence electrons. The van der Waals surface area contributed by atoms with Crippen molar-refractivity contribution in [2.75, 3.05) is 6.61 Å². The minimum atomic E-state index is 0.0337. The molecule has 2 nitrogen and oxygen atoms in total. The molecule has 0 N–H and O–H groups in total. The Morgan fingerprint density at radius 1 is 0.857 bits per heavy atom. The molecule has 0 unspecified atom stereocenters. The first-order valence-electron chi connectivity index (χ1n) is 11.5. The molecule has 2 heteroatoms. The number of unbranched alkanes of at least 4 members (excludes halogenated alkanes) is 4. The van der Waals surface area contributed by atoms with E-state index in [1.165, 1.54) is 55.2 Å². The van der Waals surface area contributed by atoms with Gasteiger partial charge in [0.15, 0.2) is 0 Å². The van der Waals surface area contributed by atoms with E-state index in [1.807, 2.05) is 0 Å². The summed E-state index contributed by atoms with van der Waals surface area (Å²) in [5.41, 5.74) is 4.64. The zero-order valence-electron chi connectivity index (χ0n) is 18.8. The highest BCUT2D eigenvalue weighted by Gasteiger charge is 2.47. The largest absolute Gasteiger partial charge is 0.493 e. The van der Waals surface area contributed by atoms with Crippen molar-refractivity contribution in [2.45, 2.75) is 115 Å². The Labute approximate surface area is 172 Å². The van der Waals surface area contributed by atoms with E-state index in [0.717, 1.165) is 37.9 Å². The third-order valence-corrected chi connectivity index (χ3v) is 7.36. The summed E-state index contributed by atoms with van der Waals surface area (Å²) in [7, 11) is 0. The second-order valence-corrected chi connectivity index (χ2v) is 10.6. The Kier molecular flexibility index (Phi) is 6.27. The second-order valence-electron chi connectivity index (χ2n) is 10.6. The van der Waals surface area contributed by atoms with E-state index in [9.17, 15) is 4.79 Å². The van der Waals surface area contributed by atoms with Gasteiger partial charge < -0.3 is 9.53 Å². The van der Waals surface area contributed by atoms with Gasteiger partial charge in [0.1, 0.15) is 12.0 Å². The van der Waals surface area contributed by atoms with Crippen LogP contribution in [0, 0.1) is 0 Å². The van der Waals surface area contributed by atoms with E-state index in [2.05, 4.69) is 46.8 Å². The molecule has 3 rings (SSSR count). The number of hydrogen-bond donors (Lipinski definition) is 0. The van der Waals surface area contributed by atoms with Crippen LogP contribution in [0.3, 0.4) is 0 Å². The van der Waals surface area contributed by atoms with E-state index in [-0.39, 0.29) is 16.2 Å². The van der Waals surface area contributed by atoms with E-state index >= 15 is 0 Å². The SMILES string of the molecule is CCCCCCCOc1cc2c(cc1C1(CC=O)CC1)C(C)(C)CCC2(C)C. The molecule has 1 saturated carbocycles. The van der Waals surface area contributed by atoms with Crippen LogP contribution in [0.15, 0.2) is 12.1 Å². The molecule has 0 aliphatic heterocycles. The van der Waals surface area contributed by atoms with Gasteiger partial charge in [-0.2, -0.15) is 0 Å². The smallest absolute Gasteiger partial charge is 0.123 e. The fraction of sp³-hybridized carbons (Fsp3) is 0.731. The summed E-state index contributed by atoms with van der Waals surface area (Å²) in [4.78, 5) is 11.4. The summed E-state index contributed by atoms with van der Waals surface area (Å²) in [6.45, 7) is 12.5. The van der Waals surface area contributed by atoms with Gasteiger partial charge in [0.2, 0.25) is 0 Å². The molecule has 28 heavy (non-hydrogen) atoms.